The molecule has 2 aromatic carbocycles. The molecule has 2 aromatic rings. The molecule has 0 heterocycles. The van der Waals surface area contributed by atoms with E-state index in [4.69, 9.17) is 28.6 Å². The number of aryl methyl sites for hydroxylation is 1. The van der Waals surface area contributed by atoms with Gasteiger partial charge in [0.2, 0.25) is 0 Å². The van der Waals surface area contributed by atoms with Gasteiger partial charge < -0.3 is 10.1 Å². The number of ether oxygens (including phenoxy) is 1. The van der Waals surface area contributed by atoms with Gasteiger partial charge in [-0.1, -0.05) is 23.7 Å². The van der Waals surface area contributed by atoms with Gasteiger partial charge in [-0.2, -0.15) is 0 Å². The van der Waals surface area contributed by atoms with Crippen LogP contribution in [0, 0.1) is 6.92 Å². The molecule has 24 heavy (non-hydrogen) atoms. The second kappa shape index (κ2) is 8.13. The standard InChI is InChI=1S/C18H19ClN2O2S/c1-11(2)23-15-6-4-5-13(9-15)17(22)21-18(24)20-16-10-14(19)8-7-12(16)3/h4-11H,1-3H3,(H2,20,21,22,24). The summed E-state index contributed by atoms with van der Waals surface area (Å²) >= 11 is 11.2. The van der Waals surface area contributed by atoms with Gasteiger partial charge in [0.05, 0.1) is 6.10 Å². The van der Waals surface area contributed by atoms with Crippen molar-refractivity contribution in [3.63, 3.8) is 0 Å². The van der Waals surface area contributed by atoms with Gasteiger partial charge in [-0.05, 0) is 68.9 Å². The first-order valence-corrected chi connectivity index (χ1v) is 8.29. The van der Waals surface area contributed by atoms with E-state index in [9.17, 15) is 4.79 Å². The van der Waals surface area contributed by atoms with Gasteiger partial charge in [-0.15, -0.1) is 0 Å². The summed E-state index contributed by atoms with van der Waals surface area (Å²) in [5.41, 5.74) is 2.20. The molecule has 0 unspecified atom stereocenters. The topological polar surface area (TPSA) is 50.4 Å². The number of rotatable bonds is 4. The minimum absolute atomic E-state index is 0.0388. The highest BCUT2D eigenvalue weighted by Crippen LogP contribution is 2.20. The molecule has 2 N–H and O–H groups in total. The van der Waals surface area contributed by atoms with Crippen molar-refractivity contribution >= 4 is 40.5 Å². The molecule has 0 aliphatic rings. The van der Waals surface area contributed by atoms with E-state index in [0.29, 0.717) is 16.3 Å². The Hall–Kier alpha value is -2.11. The average molecular weight is 363 g/mol. The van der Waals surface area contributed by atoms with Crippen LogP contribution in [0.25, 0.3) is 0 Å². The molecule has 126 valence electrons. The maximum atomic E-state index is 12.3. The van der Waals surface area contributed by atoms with E-state index in [-0.39, 0.29) is 17.1 Å². The SMILES string of the molecule is Cc1ccc(Cl)cc1NC(=S)NC(=O)c1cccc(OC(C)C)c1. The summed E-state index contributed by atoms with van der Waals surface area (Å²) in [6.45, 7) is 5.79. The summed E-state index contributed by atoms with van der Waals surface area (Å²) in [6, 6.07) is 12.4. The fourth-order valence-electron chi connectivity index (χ4n) is 2.04. The third kappa shape index (κ3) is 5.22. The number of carbonyl (C=O) groups is 1. The fraction of sp³-hybridized carbons (Fsp3) is 0.222. The Kier molecular flexibility index (Phi) is 6.17. The maximum absolute atomic E-state index is 12.3. The van der Waals surface area contributed by atoms with Crippen LogP contribution >= 0.6 is 23.8 Å². The minimum atomic E-state index is -0.304. The molecule has 0 bridgehead atoms. The van der Waals surface area contributed by atoms with Crippen molar-refractivity contribution < 1.29 is 9.53 Å². The van der Waals surface area contributed by atoms with Crippen molar-refractivity contribution in [1.29, 1.82) is 0 Å². The molecule has 0 aromatic heterocycles. The van der Waals surface area contributed by atoms with Crippen LogP contribution in [-0.4, -0.2) is 17.1 Å². The fourth-order valence-corrected chi connectivity index (χ4v) is 2.42. The molecule has 0 aliphatic carbocycles. The van der Waals surface area contributed by atoms with Crippen LogP contribution in [-0.2, 0) is 0 Å². The number of halogens is 1. The Labute approximate surface area is 152 Å². The number of anilines is 1. The van der Waals surface area contributed by atoms with Crippen LogP contribution in [0.5, 0.6) is 5.75 Å². The predicted molar refractivity (Wildman–Crippen MR) is 102 cm³/mol. The Morgan fingerprint density at radius 2 is 1.96 bits per heavy atom. The molecular formula is C18H19ClN2O2S. The largest absolute Gasteiger partial charge is 0.491 e. The number of nitrogens with one attached hydrogen (secondary N) is 2. The molecule has 4 nitrogen and oxygen atoms in total. The zero-order chi connectivity index (χ0) is 17.7. The van der Waals surface area contributed by atoms with Crippen molar-refractivity contribution in [2.45, 2.75) is 26.9 Å². The van der Waals surface area contributed by atoms with E-state index in [2.05, 4.69) is 10.6 Å². The third-order valence-electron chi connectivity index (χ3n) is 3.14. The zero-order valence-electron chi connectivity index (χ0n) is 13.7. The van der Waals surface area contributed by atoms with Gasteiger partial charge in [0.1, 0.15) is 5.75 Å². The van der Waals surface area contributed by atoms with E-state index >= 15 is 0 Å². The van der Waals surface area contributed by atoms with E-state index < -0.39 is 0 Å². The predicted octanol–water partition coefficient (Wildman–Crippen LogP) is 4.56. The molecule has 0 saturated carbocycles. The van der Waals surface area contributed by atoms with Crippen LogP contribution in [0.4, 0.5) is 5.69 Å². The van der Waals surface area contributed by atoms with Crippen molar-refractivity contribution in [2.75, 3.05) is 5.32 Å². The zero-order valence-corrected chi connectivity index (χ0v) is 15.3. The molecule has 0 radical (unpaired) electrons. The summed E-state index contributed by atoms with van der Waals surface area (Å²) in [5, 5.41) is 6.44. The Bertz CT molecular complexity index is 762. The molecule has 0 atom stereocenters. The lowest BCUT2D eigenvalue weighted by molar-refractivity contribution is 0.0977. The van der Waals surface area contributed by atoms with Crippen LogP contribution in [0.3, 0.4) is 0 Å². The third-order valence-corrected chi connectivity index (χ3v) is 3.58. The molecular weight excluding hydrogens is 344 g/mol. The first-order chi connectivity index (χ1) is 11.3. The van der Waals surface area contributed by atoms with E-state index in [1.54, 1.807) is 30.3 Å². The molecule has 1 amide bonds. The number of hydrogen-bond acceptors (Lipinski definition) is 3. The molecule has 2 rings (SSSR count). The van der Waals surface area contributed by atoms with Gasteiger partial charge in [0.15, 0.2) is 5.11 Å². The maximum Gasteiger partial charge on any atom is 0.257 e. The molecule has 0 spiro atoms. The van der Waals surface area contributed by atoms with Crippen LogP contribution in [0.15, 0.2) is 42.5 Å². The Morgan fingerprint density at radius 1 is 1.21 bits per heavy atom. The number of thiocarbonyl (C=S) groups is 1. The van der Waals surface area contributed by atoms with Gasteiger partial charge in [-0.3, -0.25) is 10.1 Å². The van der Waals surface area contributed by atoms with Gasteiger partial charge >= 0.3 is 0 Å². The molecule has 0 saturated heterocycles. The van der Waals surface area contributed by atoms with Crippen LogP contribution in [0.1, 0.15) is 29.8 Å². The lowest BCUT2D eigenvalue weighted by Crippen LogP contribution is -2.34. The molecule has 6 heteroatoms. The van der Waals surface area contributed by atoms with Crippen molar-refractivity contribution in [1.82, 2.24) is 5.32 Å². The average Bonchev–Trinajstić information content (AvgIpc) is 2.50. The number of amides is 1. The summed E-state index contributed by atoms with van der Waals surface area (Å²) < 4.78 is 5.59. The summed E-state index contributed by atoms with van der Waals surface area (Å²) in [7, 11) is 0. The van der Waals surface area contributed by atoms with Crippen molar-refractivity contribution in [3.05, 3.63) is 58.6 Å². The summed E-state index contributed by atoms with van der Waals surface area (Å²) in [4.78, 5) is 12.3. The highest BCUT2D eigenvalue weighted by molar-refractivity contribution is 7.80. The van der Waals surface area contributed by atoms with Crippen molar-refractivity contribution in [2.24, 2.45) is 0 Å². The quantitative estimate of drug-likeness (QED) is 0.783. The van der Waals surface area contributed by atoms with E-state index in [0.717, 1.165) is 11.3 Å². The number of carbonyl (C=O) groups excluding carboxylic acids is 1. The van der Waals surface area contributed by atoms with Crippen LogP contribution in [0.2, 0.25) is 5.02 Å². The summed E-state index contributed by atoms with van der Waals surface area (Å²) in [5.74, 6) is 0.337. The monoisotopic (exact) mass is 362 g/mol. The number of hydrogen-bond donors (Lipinski definition) is 2. The van der Waals surface area contributed by atoms with Gasteiger partial charge in [0, 0.05) is 16.3 Å². The Balaban J connectivity index is 2.03. The second-order valence-electron chi connectivity index (χ2n) is 5.56. The normalized spacial score (nSPS) is 10.4. The first-order valence-electron chi connectivity index (χ1n) is 7.50. The van der Waals surface area contributed by atoms with Gasteiger partial charge in [0.25, 0.3) is 5.91 Å². The molecule has 0 aliphatic heterocycles. The van der Waals surface area contributed by atoms with Crippen molar-refractivity contribution in [3.8, 4) is 5.75 Å². The lowest BCUT2D eigenvalue weighted by atomic mass is 10.2. The molecule has 0 fully saturated rings. The highest BCUT2D eigenvalue weighted by Gasteiger charge is 2.10. The van der Waals surface area contributed by atoms with Crippen LogP contribution < -0.4 is 15.4 Å². The lowest BCUT2D eigenvalue weighted by Gasteiger charge is -2.13. The Morgan fingerprint density at radius 3 is 2.67 bits per heavy atom. The number of benzene rings is 2. The first kappa shape index (κ1) is 18.2. The smallest absolute Gasteiger partial charge is 0.257 e. The van der Waals surface area contributed by atoms with E-state index in [1.165, 1.54) is 0 Å². The second-order valence-corrected chi connectivity index (χ2v) is 6.41. The van der Waals surface area contributed by atoms with E-state index in [1.807, 2.05) is 32.9 Å². The highest BCUT2D eigenvalue weighted by atomic mass is 35.5. The minimum Gasteiger partial charge on any atom is -0.491 e. The summed E-state index contributed by atoms with van der Waals surface area (Å²) in [6.07, 6.45) is 0.0388. The van der Waals surface area contributed by atoms with Gasteiger partial charge in [-0.25, -0.2) is 0 Å².